The Labute approximate surface area is 191 Å². The number of ketones is 2. The van der Waals surface area contributed by atoms with Gasteiger partial charge in [-0.2, -0.15) is 0 Å². The number of ether oxygens (including phenoxy) is 1. The van der Waals surface area contributed by atoms with E-state index in [1.807, 2.05) is 6.92 Å². The topological polar surface area (TPSA) is 63.6 Å². The number of hydrogen-bond donors (Lipinski definition) is 1. The van der Waals surface area contributed by atoms with Gasteiger partial charge in [-0.3, -0.25) is 9.59 Å². The Hall–Kier alpha value is -3.40. The second kappa shape index (κ2) is 10.8. The van der Waals surface area contributed by atoms with E-state index in [2.05, 4.69) is 26.3 Å². The van der Waals surface area contributed by atoms with Crippen molar-refractivity contribution < 1.29 is 19.4 Å². The number of methoxy groups -OCH3 is 1. The third kappa shape index (κ3) is 4.59. The molecule has 0 radical (unpaired) electrons. The van der Waals surface area contributed by atoms with Crippen LogP contribution in [0.1, 0.15) is 38.2 Å². The SMILES string of the molecule is C=CCC1=C(OC)C(CC=C)(CC(CC=C)C(=C)C)C(=O)/C(=C(\O)c2ccccc2)C1=O. The normalized spacial score (nSPS) is 21.1. The predicted octanol–water partition coefficient (Wildman–Crippen LogP) is 6.31. The first-order chi connectivity index (χ1) is 15.3. The molecule has 0 saturated carbocycles. The lowest BCUT2D eigenvalue weighted by molar-refractivity contribution is -0.129. The van der Waals surface area contributed by atoms with Crippen molar-refractivity contribution >= 4 is 17.3 Å². The van der Waals surface area contributed by atoms with E-state index in [9.17, 15) is 14.7 Å². The molecule has 0 fully saturated rings. The fraction of sp³-hybridized carbons (Fsp3) is 0.286. The van der Waals surface area contributed by atoms with Crippen LogP contribution in [0.3, 0.4) is 0 Å². The Bertz CT molecular complexity index is 994. The summed E-state index contributed by atoms with van der Waals surface area (Å²) in [6, 6.07) is 8.60. The van der Waals surface area contributed by atoms with E-state index in [1.54, 1.807) is 48.6 Å². The van der Waals surface area contributed by atoms with Crippen LogP contribution < -0.4 is 0 Å². The standard InChI is InChI=1S/C28H32O4/c1-7-13-21(19(4)5)18-28(17-9-3)26(31)23(24(29)20-15-11-10-12-16-20)25(30)22(14-8-2)27(28)32-6/h7-12,15-16,21,29H,1-4,13-14,17-18H2,5-6H3/b24-23-. The summed E-state index contributed by atoms with van der Waals surface area (Å²) in [6.07, 6.45) is 6.46. The summed E-state index contributed by atoms with van der Waals surface area (Å²) in [4.78, 5) is 27.5. The average Bonchev–Trinajstić information content (AvgIpc) is 2.78. The van der Waals surface area contributed by atoms with E-state index in [0.29, 0.717) is 29.7 Å². The van der Waals surface area contributed by atoms with Crippen LogP contribution >= 0.6 is 0 Å². The van der Waals surface area contributed by atoms with Crippen LogP contribution in [0, 0.1) is 11.3 Å². The highest BCUT2D eigenvalue weighted by molar-refractivity contribution is 6.34. The van der Waals surface area contributed by atoms with E-state index in [4.69, 9.17) is 4.74 Å². The van der Waals surface area contributed by atoms with Crippen LogP contribution in [0.25, 0.3) is 5.76 Å². The second-order valence-corrected chi connectivity index (χ2v) is 8.10. The van der Waals surface area contributed by atoms with E-state index >= 15 is 0 Å². The highest BCUT2D eigenvalue weighted by atomic mass is 16.5. The summed E-state index contributed by atoms with van der Waals surface area (Å²) < 4.78 is 5.74. The number of hydrogen-bond acceptors (Lipinski definition) is 4. The van der Waals surface area contributed by atoms with Crippen LogP contribution in [0.2, 0.25) is 0 Å². The number of aliphatic hydroxyl groups excluding tert-OH is 1. The van der Waals surface area contributed by atoms with Gasteiger partial charge in [0, 0.05) is 11.1 Å². The highest BCUT2D eigenvalue weighted by Crippen LogP contribution is 2.50. The van der Waals surface area contributed by atoms with Crippen molar-refractivity contribution in [2.24, 2.45) is 11.3 Å². The second-order valence-electron chi connectivity index (χ2n) is 8.10. The molecule has 1 aliphatic rings. The van der Waals surface area contributed by atoms with E-state index in [1.165, 1.54) is 7.11 Å². The summed E-state index contributed by atoms with van der Waals surface area (Å²) in [7, 11) is 1.46. The lowest BCUT2D eigenvalue weighted by Gasteiger charge is -2.40. The summed E-state index contributed by atoms with van der Waals surface area (Å²) in [6.45, 7) is 17.5. The van der Waals surface area contributed by atoms with Gasteiger partial charge in [0.25, 0.3) is 0 Å². The van der Waals surface area contributed by atoms with Gasteiger partial charge < -0.3 is 9.84 Å². The molecule has 4 nitrogen and oxygen atoms in total. The molecule has 2 unspecified atom stereocenters. The van der Waals surface area contributed by atoms with Gasteiger partial charge in [-0.1, -0.05) is 60.7 Å². The minimum Gasteiger partial charge on any atom is -0.506 e. The van der Waals surface area contributed by atoms with Crippen molar-refractivity contribution in [1.29, 1.82) is 0 Å². The summed E-state index contributed by atoms with van der Waals surface area (Å²) in [5, 5.41) is 11.1. The number of carbonyl (C=O) groups is 2. The molecule has 0 spiro atoms. The maximum atomic E-state index is 14.1. The Balaban J connectivity index is 2.89. The maximum absolute atomic E-state index is 14.1. The first kappa shape index (κ1) is 24.9. The number of Topliss-reactive ketones (excluding diaryl/α,β-unsaturated/α-hetero) is 2. The van der Waals surface area contributed by atoms with Gasteiger partial charge in [0.15, 0.2) is 11.6 Å². The van der Waals surface area contributed by atoms with Gasteiger partial charge >= 0.3 is 0 Å². The van der Waals surface area contributed by atoms with Crippen molar-refractivity contribution in [1.82, 2.24) is 0 Å². The molecule has 0 aliphatic heterocycles. The molecule has 0 aromatic heterocycles. The van der Waals surface area contributed by atoms with Crippen LogP contribution in [-0.4, -0.2) is 23.8 Å². The minimum absolute atomic E-state index is 0.0696. The number of benzene rings is 1. The number of carbonyl (C=O) groups excluding carboxylic acids is 2. The number of allylic oxidation sites excluding steroid dienone is 7. The Morgan fingerprint density at radius 2 is 1.78 bits per heavy atom. The maximum Gasteiger partial charge on any atom is 0.200 e. The molecule has 2 atom stereocenters. The van der Waals surface area contributed by atoms with Crippen LogP contribution in [0.4, 0.5) is 0 Å². The van der Waals surface area contributed by atoms with Crippen molar-refractivity contribution in [3.8, 4) is 0 Å². The molecule has 1 aliphatic carbocycles. The molecule has 0 bridgehead atoms. The molecule has 0 heterocycles. The molecule has 0 amide bonds. The Morgan fingerprint density at radius 1 is 1.12 bits per heavy atom. The molecule has 168 valence electrons. The smallest absolute Gasteiger partial charge is 0.200 e. The first-order valence-electron chi connectivity index (χ1n) is 10.6. The van der Waals surface area contributed by atoms with Gasteiger partial charge in [0.05, 0.1) is 12.5 Å². The van der Waals surface area contributed by atoms with Gasteiger partial charge in [0.1, 0.15) is 17.1 Å². The third-order valence-electron chi connectivity index (χ3n) is 5.94. The number of rotatable bonds is 11. The Morgan fingerprint density at radius 3 is 2.28 bits per heavy atom. The first-order valence-corrected chi connectivity index (χ1v) is 10.6. The summed E-state index contributed by atoms with van der Waals surface area (Å²) >= 11 is 0. The largest absolute Gasteiger partial charge is 0.506 e. The minimum atomic E-state index is -1.20. The molecule has 1 aromatic rings. The molecule has 4 heteroatoms. The average molecular weight is 433 g/mol. The highest BCUT2D eigenvalue weighted by Gasteiger charge is 2.53. The zero-order valence-electron chi connectivity index (χ0n) is 19.0. The third-order valence-corrected chi connectivity index (χ3v) is 5.94. The van der Waals surface area contributed by atoms with E-state index in [-0.39, 0.29) is 30.1 Å². The van der Waals surface area contributed by atoms with Crippen molar-refractivity contribution in [3.63, 3.8) is 0 Å². The van der Waals surface area contributed by atoms with E-state index in [0.717, 1.165) is 5.57 Å². The van der Waals surface area contributed by atoms with Gasteiger partial charge in [-0.15, -0.1) is 19.7 Å². The van der Waals surface area contributed by atoms with Crippen molar-refractivity contribution in [2.75, 3.05) is 7.11 Å². The molecule has 2 rings (SSSR count). The molecular weight excluding hydrogens is 400 g/mol. The van der Waals surface area contributed by atoms with Crippen molar-refractivity contribution in [3.05, 3.63) is 103 Å². The molecule has 1 aromatic carbocycles. The quantitative estimate of drug-likeness (QED) is 0.193. The van der Waals surface area contributed by atoms with Gasteiger partial charge in [-0.05, 0) is 38.5 Å². The predicted molar refractivity (Wildman–Crippen MR) is 130 cm³/mol. The monoisotopic (exact) mass is 432 g/mol. The lowest BCUT2D eigenvalue weighted by Crippen LogP contribution is -2.44. The van der Waals surface area contributed by atoms with Crippen LogP contribution in [0.5, 0.6) is 0 Å². The zero-order valence-corrected chi connectivity index (χ0v) is 19.0. The fourth-order valence-corrected chi connectivity index (χ4v) is 4.37. The van der Waals surface area contributed by atoms with Gasteiger partial charge in [-0.25, -0.2) is 0 Å². The molecular formula is C28H32O4. The molecule has 0 saturated heterocycles. The summed E-state index contributed by atoms with van der Waals surface area (Å²) in [5.74, 6) is -1.10. The number of aliphatic hydroxyl groups is 1. The fourth-order valence-electron chi connectivity index (χ4n) is 4.37. The van der Waals surface area contributed by atoms with Gasteiger partial charge in [0.2, 0.25) is 0 Å². The molecule has 32 heavy (non-hydrogen) atoms. The zero-order chi connectivity index (χ0) is 23.9. The molecule has 1 N–H and O–H groups in total. The summed E-state index contributed by atoms with van der Waals surface area (Å²) in [5.41, 5.74) is 0.193. The lowest BCUT2D eigenvalue weighted by atomic mass is 9.63. The van der Waals surface area contributed by atoms with E-state index < -0.39 is 17.0 Å². The Kier molecular flexibility index (Phi) is 8.36. The van der Waals surface area contributed by atoms with Crippen molar-refractivity contribution in [2.45, 2.75) is 32.6 Å². The van der Waals surface area contributed by atoms with Crippen LogP contribution in [0.15, 0.2) is 97.4 Å². The van der Waals surface area contributed by atoms with Crippen LogP contribution in [-0.2, 0) is 14.3 Å².